The Kier molecular flexibility index (Phi) is 4.98. The number of thiazole rings is 1. The van der Waals surface area contributed by atoms with E-state index in [9.17, 15) is 4.79 Å². The maximum absolute atomic E-state index is 11.4. The number of aryl methyl sites for hydroxylation is 1. The summed E-state index contributed by atoms with van der Waals surface area (Å²) in [5.74, 6) is 0.00299. The number of Topliss-reactive ketones (excluding diaryl/α,β-unsaturated/α-hetero) is 1. The van der Waals surface area contributed by atoms with E-state index in [1.54, 1.807) is 19.1 Å². The summed E-state index contributed by atoms with van der Waals surface area (Å²) in [6.07, 6.45) is 0. The quantitative estimate of drug-likeness (QED) is 0.493. The van der Waals surface area contributed by atoms with Crippen molar-refractivity contribution in [2.24, 2.45) is 5.10 Å². The third-order valence-corrected chi connectivity index (χ3v) is 4.67. The summed E-state index contributed by atoms with van der Waals surface area (Å²) in [6, 6.07) is 5.31. The van der Waals surface area contributed by atoms with Crippen molar-refractivity contribution >= 4 is 51.2 Å². The molecule has 1 aromatic heterocycles. The number of nitrogens with zero attached hydrogens (tertiary/aromatic N) is 2. The van der Waals surface area contributed by atoms with E-state index in [-0.39, 0.29) is 5.78 Å². The van der Waals surface area contributed by atoms with Crippen molar-refractivity contribution in [3.8, 4) is 0 Å². The SMILES string of the molecule is CC(=O)c1sc(N/N=C(\C)c2ccc(Cl)c(Cl)c2)nc1C. The molecule has 0 amide bonds. The summed E-state index contributed by atoms with van der Waals surface area (Å²) < 4.78 is 0. The number of ketones is 1. The van der Waals surface area contributed by atoms with Crippen LogP contribution in [-0.4, -0.2) is 16.5 Å². The van der Waals surface area contributed by atoms with Crippen molar-refractivity contribution in [3.05, 3.63) is 44.4 Å². The number of carbonyl (C=O) groups is 1. The van der Waals surface area contributed by atoms with E-state index in [1.807, 2.05) is 13.0 Å². The lowest BCUT2D eigenvalue weighted by molar-refractivity contribution is 0.102. The van der Waals surface area contributed by atoms with Gasteiger partial charge in [0.05, 0.1) is 26.3 Å². The highest BCUT2D eigenvalue weighted by Gasteiger charge is 2.11. The number of nitrogens with one attached hydrogen (secondary N) is 1. The summed E-state index contributed by atoms with van der Waals surface area (Å²) in [7, 11) is 0. The molecule has 0 saturated carbocycles. The zero-order chi connectivity index (χ0) is 15.6. The van der Waals surface area contributed by atoms with Gasteiger partial charge >= 0.3 is 0 Å². The number of hydrazone groups is 1. The standard InChI is InChI=1S/C14H13Cl2N3OS/c1-7(10-4-5-11(15)12(16)6-10)18-19-14-17-8(2)13(21-14)9(3)20/h4-6H,1-3H3,(H,17,19)/b18-7+. The third kappa shape index (κ3) is 3.81. The molecule has 7 heteroatoms. The molecule has 0 aliphatic carbocycles. The number of anilines is 1. The molecule has 0 bridgehead atoms. The Bertz CT molecular complexity index is 725. The topological polar surface area (TPSA) is 54.4 Å². The molecule has 0 aliphatic heterocycles. The summed E-state index contributed by atoms with van der Waals surface area (Å²) in [4.78, 5) is 16.3. The number of carbonyl (C=O) groups excluding carboxylic acids is 1. The second-order valence-electron chi connectivity index (χ2n) is 4.43. The maximum Gasteiger partial charge on any atom is 0.204 e. The Balaban J connectivity index is 2.18. The molecule has 21 heavy (non-hydrogen) atoms. The number of hydrogen-bond acceptors (Lipinski definition) is 5. The molecule has 0 fully saturated rings. The highest BCUT2D eigenvalue weighted by molar-refractivity contribution is 7.17. The highest BCUT2D eigenvalue weighted by Crippen LogP contribution is 2.24. The van der Waals surface area contributed by atoms with Gasteiger partial charge in [0.2, 0.25) is 5.13 Å². The third-order valence-electron chi connectivity index (χ3n) is 2.77. The normalized spacial score (nSPS) is 11.6. The Morgan fingerprint density at radius 2 is 2.00 bits per heavy atom. The van der Waals surface area contributed by atoms with Crippen molar-refractivity contribution in [2.45, 2.75) is 20.8 Å². The molecule has 1 heterocycles. The lowest BCUT2D eigenvalue weighted by Crippen LogP contribution is -1.99. The van der Waals surface area contributed by atoms with E-state index < -0.39 is 0 Å². The van der Waals surface area contributed by atoms with E-state index >= 15 is 0 Å². The van der Waals surface area contributed by atoms with E-state index in [1.165, 1.54) is 18.3 Å². The Morgan fingerprint density at radius 1 is 1.29 bits per heavy atom. The average Bonchev–Trinajstić information content (AvgIpc) is 2.80. The van der Waals surface area contributed by atoms with Gasteiger partial charge in [0, 0.05) is 6.92 Å². The molecule has 0 saturated heterocycles. The first-order valence-electron chi connectivity index (χ1n) is 6.12. The van der Waals surface area contributed by atoms with Crippen molar-refractivity contribution in [2.75, 3.05) is 5.43 Å². The molecular weight excluding hydrogens is 329 g/mol. The monoisotopic (exact) mass is 341 g/mol. The van der Waals surface area contributed by atoms with Crippen LogP contribution in [0, 0.1) is 6.92 Å². The van der Waals surface area contributed by atoms with E-state index in [0.29, 0.717) is 25.7 Å². The molecule has 0 radical (unpaired) electrons. The van der Waals surface area contributed by atoms with Crippen molar-refractivity contribution in [1.29, 1.82) is 0 Å². The van der Waals surface area contributed by atoms with Gasteiger partial charge in [-0.25, -0.2) is 4.98 Å². The summed E-state index contributed by atoms with van der Waals surface area (Å²) >= 11 is 13.1. The van der Waals surface area contributed by atoms with Crippen LogP contribution in [-0.2, 0) is 0 Å². The number of rotatable bonds is 4. The van der Waals surface area contributed by atoms with E-state index in [2.05, 4.69) is 15.5 Å². The lowest BCUT2D eigenvalue weighted by atomic mass is 10.1. The maximum atomic E-state index is 11.4. The first kappa shape index (κ1) is 15.9. The van der Waals surface area contributed by atoms with Crippen LogP contribution in [0.1, 0.15) is 34.8 Å². The van der Waals surface area contributed by atoms with Crippen LogP contribution in [0.4, 0.5) is 5.13 Å². The number of benzene rings is 1. The fraction of sp³-hybridized carbons (Fsp3) is 0.214. The molecule has 2 rings (SSSR count). The van der Waals surface area contributed by atoms with Gasteiger partial charge in [0.15, 0.2) is 5.78 Å². The van der Waals surface area contributed by atoms with Crippen molar-refractivity contribution in [1.82, 2.24) is 4.98 Å². The van der Waals surface area contributed by atoms with Crippen LogP contribution >= 0.6 is 34.5 Å². The van der Waals surface area contributed by atoms with Crippen molar-refractivity contribution in [3.63, 3.8) is 0 Å². The molecule has 110 valence electrons. The fourth-order valence-corrected chi connectivity index (χ4v) is 2.79. The minimum atomic E-state index is 0.00299. The number of hydrogen-bond donors (Lipinski definition) is 1. The average molecular weight is 342 g/mol. The Labute approximate surface area is 136 Å². The molecule has 0 atom stereocenters. The molecule has 0 spiro atoms. The molecule has 1 N–H and O–H groups in total. The molecule has 0 unspecified atom stereocenters. The minimum absolute atomic E-state index is 0.00299. The van der Waals surface area contributed by atoms with Gasteiger partial charge < -0.3 is 0 Å². The number of halogens is 2. The second-order valence-corrected chi connectivity index (χ2v) is 6.24. The summed E-state index contributed by atoms with van der Waals surface area (Å²) in [6.45, 7) is 5.17. The highest BCUT2D eigenvalue weighted by atomic mass is 35.5. The largest absolute Gasteiger partial charge is 0.294 e. The van der Waals surface area contributed by atoms with Crippen molar-refractivity contribution < 1.29 is 4.79 Å². The van der Waals surface area contributed by atoms with Crippen LogP contribution in [0.5, 0.6) is 0 Å². The van der Waals surface area contributed by atoms with Gasteiger partial charge in [0.25, 0.3) is 0 Å². The predicted octanol–water partition coefficient (Wildman–Crippen LogP) is 4.80. The number of aromatic nitrogens is 1. The Morgan fingerprint density at radius 3 is 2.57 bits per heavy atom. The van der Waals surface area contributed by atoms with Gasteiger partial charge in [0.1, 0.15) is 0 Å². The smallest absolute Gasteiger partial charge is 0.204 e. The van der Waals surface area contributed by atoms with Gasteiger partial charge in [-0.2, -0.15) is 5.10 Å². The summed E-state index contributed by atoms with van der Waals surface area (Å²) in [5, 5.41) is 5.81. The first-order valence-corrected chi connectivity index (χ1v) is 7.70. The molecule has 1 aromatic carbocycles. The van der Waals surface area contributed by atoms with Crippen LogP contribution in [0.2, 0.25) is 10.0 Å². The van der Waals surface area contributed by atoms with Gasteiger partial charge in [-0.1, -0.05) is 40.6 Å². The van der Waals surface area contributed by atoms with Gasteiger partial charge in [-0.15, -0.1) is 0 Å². The minimum Gasteiger partial charge on any atom is -0.294 e. The van der Waals surface area contributed by atoms with Crippen LogP contribution < -0.4 is 5.43 Å². The second kappa shape index (κ2) is 6.56. The first-order chi connectivity index (χ1) is 9.88. The fourth-order valence-electron chi connectivity index (χ4n) is 1.69. The van der Waals surface area contributed by atoms with Crippen LogP contribution in [0.25, 0.3) is 0 Å². The summed E-state index contributed by atoms with van der Waals surface area (Å²) in [5.41, 5.74) is 5.17. The van der Waals surface area contributed by atoms with Crippen LogP contribution in [0.3, 0.4) is 0 Å². The van der Waals surface area contributed by atoms with Crippen LogP contribution in [0.15, 0.2) is 23.3 Å². The predicted molar refractivity (Wildman–Crippen MR) is 89.2 cm³/mol. The lowest BCUT2D eigenvalue weighted by Gasteiger charge is -2.03. The molecule has 2 aromatic rings. The van der Waals surface area contributed by atoms with Gasteiger partial charge in [-0.05, 0) is 31.5 Å². The zero-order valence-corrected chi connectivity index (χ0v) is 14.0. The molecular formula is C14H13Cl2N3OS. The van der Waals surface area contributed by atoms with E-state index in [4.69, 9.17) is 23.2 Å². The van der Waals surface area contributed by atoms with E-state index in [0.717, 1.165) is 11.3 Å². The molecule has 0 aliphatic rings. The van der Waals surface area contributed by atoms with Gasteiger partial charge in [-0.3, -0.25) is 10.2 Å². The zero-order valence-electron chi connectivity index (χ0n) is 11.7. The Hall–Kier alpha value is -1.43. The molecule has 4 nitrogen and oxygen atoms in total.